The van der Waals surface area contributed by atoms with E-state index in [1.165, 1.54) is 5.01 Å². The highest BCUT2D eigenvalue weighted by atomic mass is 16.2. The SMILES string of the molecule is C/C=C/CC1C(=O)NN(CCC)C1=O. The van der Waals surface area contributed by atoms with Gasteiger partial charge in [0.2, 0.25) is 0 Å². The lowest BCUT2D eigenvalue weighted by atomic mass is 10.1. The highest BCUT2D eigenvalue weighted by Crippen LogP contribution is 2.15. The van der Waals surface area contributed by atoms with Crippen LogP contribution in [-0.2, 0) is 9.59 Å². The van der Waals surface area contributed by atoms with Crippen molar-refractivity contribution in [1.82, 2.24) is 10.4 Å². The summed E-state index contributed by atoms with van der Waals surface area (Å²) < 4.78 is 0. The van der Waals surface area contributed by atoms with E-state index in [0.29, 0.717) is 13.0 Å². The summed E-state index contributed by atoms with van der Waals surface area (Å²) >= 11 is 0. The van der Waals surface area contributed by atoms with Gasteiger partial charge in [0, 0.05) is 6.54 Å². The van der Waals surface area contributed by atoms with Crippen molar-refractivity contribution in [1.29, 1.82) is 0 Å². The zero-order valence-corrected chi connectivity index (χ0v) is 8.62. The average Bonchev–Trinajstić information content (AvgIpc) is 2.41. The quantitative estimate of drug-likeness (QED) is 0.535. The summed E-state index contributed by atoms with van der Waals surface area (Å²) in [6, 6.07) is 0. The molecule has 14 heavy (non-hydrogen) atoms. The fourth-order valence-corrected chi connectivity index (χ4v) is 1.44. The van der Waals surface area contributed by atoms with E-state index in [-0.39, 0.29) is 11.8 Å². The molecule has 0 aromatic heterocycles. The lowest BCUT2D eigenvalue weighted by Gasteiger charge is -2.13. The maximum absolute atomic E-state index is 11.6. The Morgan fingerprint density at radius 2 is 2.21 bits per heavy atom. The number of rotatable bonds is 4. The summed E-state index contributed by atoms with van der Waals surface area (Å²) in [5.41, 5.74) is 2.57. The van der Waals surface area contributed by atoms with Crippen molar-refractivity contribution in [2.45, 2.75) is 26.7 Å². The van der Waals surface area contributed by atoms with Gasteiger partial charge in [0.25, 0.3) is 11.8 Å². The molecule has 0 radical (unpaired) electrons. The molecule has 1 rings (SSSR count). The molecular weight excluding hydrogens is 180 g/mol. The summed E-state index contributed by atoms with van der Waals surface area (Å²) in [4.78, 5) is 23.0. The Morgan fingerprint density at radius 3 is 2.79 bits per heavy atom. The van der Waals surface area contributed by atoms with Gasteiger partial charge in [-0.1, -0.05) is 19.1 Å². The van der Waals surface area contributed by atoms with E-state index in [1.54, 1.807) is 0 Å². The van der Waals surface area contributed by atoms with Gasteiger partial charge in [-0.25, -0.2) is 0 Å². The van der Waals surface area contributed by atoms with Gasteiger partial charge in [-0.3, -0.25) is 20.0 Å². The van der Waals surface area contributed by atoms with Crippen LogP contribution in [0, 0.1) is 5.92 Å². The average molecular weight is 196 g/mol. The van der Waals surface area contributed by atoms with E-state index in [2.05, 4.69) is 5.43 Å². The fourth-order valence-electron chi connectivity index (χ4n) is 1.44. The fraction of sp³-hybridized carbons (Fsp3) is 0.600. The van der Waals surface area contributed by atoms with Gasteiger partial charge in [0.1, 0.15) is 5.92 Å². The molecule has 0 spiro atoms. The molecule has 1 fully saturated rings. The lowest BCUT2D eigenvalue weighted by molar-refractivity contribution is -0.132. The second kappa shape index (κ2) is 4.79. The molecule has 0 aliphatic carbocycles. The van der Waals surface area contributed by atoms with Crippen LogP contribution in [0.1, 0.15) is 26.7 Å². The van der Waals surface area contributed by atoms with Crippen molar-refractivity contribution in [2.24, 2.45) is 5.92 Å². The van der Waals surface area contributed by atoms with E-state index in [9.17, 15) is 9.59 Å². The number of hydrogen-bond acceptors (Lipinski definition) is 2. The number of hydrazine groups is 1. The Bertz CT molecular complexity index is 261. The Labute approximate surface area is 83.9 Å². The third-order valence-electron chi connectivity index (χ3n) is 2.18. The van der Waals surface area contributed by atoms with E-state index in [0.717, 1.165) is 6.42 Å². The van der Waals surface area contributed by atoms with Crippen LogP contribution < -0.4 is 5.43 Å². The first-order valence-electron chi connectivity index (χ1n) is 4.93. The van der Waals surface area contributed by atoms with Crippen LogP contribution in [0.4, 0.5) is 0 Å². The van der Waals surface area contributed by atoms with Gasteiger partial charge in [0.05, 0.1) is 0 Å². The number of nitrogens with zero attached hydrogens (tertiary/aromatic N) is 1. The molecule has 4 heteroatoms. The van der Waals surface area contributed by atoms with Crippen LogP contribution in [0.15, 0.2) is 12.2 Å². The second-order valence-corrected chi connectivity index (χ2v) is 3.32. The minimum atomic E-state index is -0.516. The number of carbonyl (C=O) groups is 2. The monoisotopic (exact) mass is 196 g/mol. The molecule has 1 saturated heterocycles. The standard InChI is InChI=1S/C10H16N2O2/c1-3-5-6-8-9(13)11-12(7-4-2)10(8)14/h3,5,8H,4,6-7H2,1-2H3,(H,11,13)/b5-3+. The second-order valence-electron chi connectivity index (χ2n) is 3.32. The van der Waals surface area contributed by atoms with Crippen LogP contribution in [-0.4, -0.2) is 23.4 Å². The maximum atomic E-state index is 11.6. The maximum Gasteiger partial charge on any atom is 0.253 e. The molecular formula is C10H16N2O2. The largest absolute Gasteiger partial charge is 0.272 e. The van der Waals surface area contributed by atoms with Crippen LogP contribution in [0.25, 0.3) is 0 Å². The molecule has 1 aliphatic rings. The Morgan fingerprint density at radius 1 is 1.50 bits per heavy atom. The Balaban J connectivity index is 2.60. The smallest absolute Gasteiger partial charge is 0.253 e. The van der Waals surface area contributed by atoms with E-state index < -0.39 is 5.92 Å². The van der Waals surface area contributed by atoms with Crippen LogP contribution in [0.2, 0.25) is 0 Å². The molecule has 1 unspecified atom stereocenters. The third-order valence-corrected chi connectivity index (χ3v) is 2.18. The van der Waals surface area contributed by atoms with E-state index in [1.807, 2.05) is 26.0 Å². The zero-order chi connectivity index (χ0) is 10.6. The Hall–Kier alpha value is -1.32. The summed E-state index contributed by atoms with van der Waals surface area (Å²) in [5.74, 6) is -0.797. The third kappa shape index (κ3) is 2.13. The molecule has 0 aromatic rings. The minimum Gasteiger partial charge on any atom is -0.272 e. The Kier molecular flexibility index (Phi) is 3.68. The number of nitrogens with one attached hydrogen (secondary N) is 1. The van der Waals surface area contributed by atoms with Crippen LogP contribution in [0.3, 0.4) is 0 Å². The summed E-state index contributed by atoms with van der Waals surface area (Å²) in [5, 5.41) is 1.41. The van der Waals surface area contributed by atoms with Crippen molar-refractivity contribution in [3.05, 3.63) is 12.2 Å². The molecule has 78 valence electrons. The molecule has 1 atom stereocenters. The summed E-state index contributed by atoms with van der Waals surface area (Å²) in [6.07, 6.45) is 5.05. The van der Waals surface area contributed by atoms with Crippen molar-refractivity contribution in [2.75, 3.05) is 6.54 Å². The van der Waals surface area contributed by atoms with E-state index >= 15 is 0 Å². The lowest BCUT2D eigenvalue weighted by Crippen LogP contribution is -2.36. The number of carbonyl (C=O) groups excluding carboxylic acids is 2. The highest BCUT2D eigenvalue weighted by Gasteiger charge is 2.37. The molecule has 1 N–H and O–H groups in total. The van der Waals surface area contributed by atoms with E-state index in [4.69, 9.17) is 0 Å². The molecule has 0 saturated carbocycles. The summed E-state index contributed by atoms with van der Waals surface area (Å²) in [7, 11) is 0. The van der Waals surface area contributed by atoms with Gasteiger partial charge in [-0.05, 0) is 19.8 Å². The van der Waals surface area contributed by atoms with Gasteiger partial charge in [0.15, 0.2) is 0 Å². The molecule has 0 bridgehead atoms. The van der Waals surface area contributed by atoms with Crippen LogP contribution >= 0.6 is 0 Å². The predicted molar refractivity (Wildman–Crippen MR) is 53.1 cm³/mol. The van der Waals surface area contributed by atoms with Crippen LogP contribution in [0.5, 0.6) is 0 Å². The van der Waals surface area contributed by atoms with Crippen molar-refractivity contribution in [3.63, 3.8) is 0 Å². The van der Waals surface area contributed by atoms with Gasteiger partial charge in [-0.2, -0.15) is 0 Å². The minimum absolute atomic E-state index is 0.102. The van der Waals surface area contributed by atoms with Gasteiger partial charge in [-0.15, -0.1) is 0 Å². The first-order valence-corrected chi connectivity index (χ1v) is 4.93. The topological polar surface area (TPSA) is 49.4 Å². The van der Waals surface area contributed by atoms with Crippen molar-refractivity contribution < 1.29 is 9.59 Å². The highest BCUT2D eigenvalue weighted by molar-refractivity contribution is 6.05. The number of hydrogen-bond donors (Lipinski definition) is 1. The molecule has 0 aromatic carbocycles. The summed E-state index contributed by atoms with van der Waals surface area (Å²) in [6.45, 7) is 4.44. The predicted octanol–water partition coefficient (Wildman–Crippen LogP) is 0.852. The normalized spacial score (nSPS) is 22.1. The first-order chi connectivity index (χ1) is 6.70. The van der Waals surface area contributed by atoms with Crippen molar-refractivity contribution in [3.8, 4) is 0 Å². The molecule has 1 aliphatic heterocycles. The van der Waals surface area contributed by atoms with Gasteiger partial charge < -0.3 is 0 Å². The van der Waals surface area contributed by atoms with Crippen molar-refractivity contribution >= 4 is 11.8 Å². The van der Waals surface area contributed by atoms with Gasteiger partial charge >= 0.3 is 0 Å². The molecule has 4 nitrogen and oxygen atoms in total. The molecule has 1 heterocycles. The zero-order valence-electron chi connectivity index (χ0n) is 8.62. The molecule has 2 amide bonds. The number of amides is 2. The first kappa shape index (κ1) is 10.8. The number of allylic oxidation sites excluding steroid dienone is 2.